The second-order valence-electron chi connectivity index (χ2n) is 8.90. The first-order valence-corrected chi connectivity index (χ1v) is 11.5. The van der Waals surface area contributed by atoms with E-state index in [4.69, 9.17) is 9.97 Å². The summed E-state index contributed by atoms with van der Waals surface area (Å²) in [4.78, 5) is 9.75. The molecule has 0 N–H and O–H groups in total. The number of fused-ring (bicyclic) bond motifs is 5. The van der Waals surface area contributed by atoms with Gasteiger partial charge in [-0.1, -0.05) is 60.7 Å². The number of imidazole rings is 2. The van der Waals surface area contributed by atoms with Crippen molar-refractivity contribution in [1.29, 1.82) is 0 Å². The lowest BCUT2D eigenvalue weighted by Gasteiger charge is -2.09. The van der Waals surface area contributed by atoms with Gasteiger partial charge < -0.3 is 9.13 Å². The Labute approximate surface area is 196 Å². The Morgan fingerprint density at radius 2 is 0.941 bits per heavy atom. The topological polar surface area (TPSA) is 35.6 Å². The summed E-state index contributed by atoms with van der Waals surface area (Å²) in [6, 6.07) is 34.3. The summed E-state index contributed by atoms with van der Waals surface area (Å²) in [5.41, 5.74) is 6.58. The van der Waals surface area contributed by atoms with Crippen LogP contribution in [0.3, 0.4) is 0 Å². The van der Waals surface area contributed by atoms with E-state index in [-0.39, 0.29) is 0 Å². The number of hydrogen-bond donors (Lipinski definition) is 0. The second-order valence-corrected chi connectivity index (χ2v) is 8.90. The average molecular weight is 439 g/mol. The van der Waals surface area contributed by atoms with Crippen LogP contribution >= 0.6 is 0 Å². The summed E-state index contributed by atoms with van der Waals surface area (Å²) in [5, 5.41) is 4.92. The quantitative estimate of drug-likeness (QED) is 0.270. The third kappa shape index (κ3) is 2.72. The molecule has 162 valence electrons. The van der Waals surface area contributed by atoms with Gasteiger partial charge in [-0.25, -0.2) is 9.97 Å². The summed E-state index contributed by atoms with van der Waals surface area (Å²) in [7, 11) is 4.16. The highest BCUT2D eigenvalue weighted by molar-refractivity contribution is 6.09. The van der Waals surface area contributed by atoms with E-state index < -0.39 is 0 Å². The summed E-state index contributed by atoms with van der Waals surface area (Å²) >= 11 is 0. The maximum absolute atomic E-state index is 4.88. The molecule has 0 amide bonds. The van der Waals surface area contributed by atoms with E-state index in [1.807, 2.05) is 12.1 Å². The second kappa shape index (κ2) is 7.03. The molecule has 0 aliphatic rings. The lowest BCUT2D eigenvalue weighted by atomic mass is 9.98. The van der Waals surface area contributed by atoms with Crippen LogP contribution in [0.4, 0.5) is 0 Å². The molecule has 34 heavy (non-hydrogen) atoms. The normalized spacial score (nSPS) is 11.8. The van der Waals surface area contributed by atoms with Crippen LogP contribution in [0, 0.1) is 0 Å². The number of benzene rings is 5. The molecule has 0 saturated carbocycles. The van der Waals surface area contributed by atoms with E-state index in [0.717, 1.165) is 44.8 Å². The molecule has 0 aliphatic carbocycles. The van der Waals surface area contributed by atoms with Crippen LogP contribution in [0.25, 0.3) is 66.4 Å². The predicted octanol–water partition coefficient (Wildman–Crippen LogP) is 7.10. The molecule has 7 aromatic rings. The van der Waals surface area contributed by atoms with E-state index in [9.17, 15) is 0 Å². The Morgan fingerprint density at radius 3 is 1.38 bits per heavy atom. The van der Waals surface area contributed by atoms with Gasteiger partial charge in [0.1, 0.15) is 11.6 Å². The molecular weight excluding hydrogens is 416 g/mol. The van der Waals surface area contributed by atoms with Crippen LogP contribution in [0.1, 0.15) is 0 Å². The molecule has 4 heteroatoms. The smallest absolute Gasteiger partial charge is 0.140 e. The molecule has 7 rings (SSSR count). The molecule has 0 spiro atoms. The standard InChI is InChI=1S/C30H22N4/c1-33-27-9-5-3-7-25(27)31-29(33)21-13-15-23-19(17-21)11-12-20-18-22(14-16-24(20)23)30-32-26-8-4-6-10-28(26)34(30)2/h3-18H,1-2H3. The number of nitrogens with zero attached hydrogens (tertiary/aromatic N) is 4. The number of rotatable bonds is 2. The van der Waals surface area contributed by atoms with Crippen molar-refractivity contribution in [3.05, 3.63) is 97.1 Å². The SMILES string of the molecule is Cn1c(-c2ccc3c(ccc4cc(-c5nc6ccccc6n5C)ccc43)c2)nc2ccccc21. The van der Waals surface area contributed by atoms with Gasteiger partial charge in [0.25, 0.3) is 0 Å². The lowest BCUT2D eigenvalue weighted by molar-refractivity contribution is 0.960. The predicted molar refractivity (Wildman–Crippen MR) is 141 cm³/mol. The molecule has 0 saturated heterocycles. The van der Waals surface area contributed by atoms with Gasteiger partial charge in [0.05, 0.1) is 22.1 Å². The number of aryl methyl sites for hydroxylation is 2. The third-order valence-corrected chi connectivity index (χ3v) is 6.93. The molecule has 5 aromatic carbocycles. The minimum atomic E-state index is 0.986. The highest BCUT2D eigenvalue weighted by Gasteiger charge is 2.13. The van der Waals surface area contributed by atoms with E-state index in [1.54, 1.807) is 0 Å². The van der Waals surface area contributed by atoms with E-state index >= 15 is 0 Å². The summed E-state index contributed by atoms with van der Waals surface area (Å²) in [6.45, 7) is 0. The van der Waals surface area contributed by atoms with Gasteiger partial charge in [0.2, 0.25) is 0 Å². The Hall–Kier alpha value is -4.44. The summed E-state index contributed by atoms with van der Waals surface area (Å²) < 4.78 is 4.33. The van der Waals surface area contributed by atoms with Gasteiger partial charge in [-0.2, -0.15) is 0 Å². The van der Waals surface area contributed by atoms with Crippen molar-refractivity contribution in [3.63, 3.8) is 0 Å². The Bertz CT molecular complexity index is 1750. The summed E-state index contributed by atoms with van der Waals surface area (Å²) in [5.74, 6) is 1.97. The van der Waals surface area contributed by atoms with Gasteiger partial charge in [0, 0.05) is 25.2 Å². The van der Waals surface area contributed by atoms with Crippen LogP contribution in [0.5, 0.6) is 0 Å². The first kappa shape index (κ1) is 19.1. The number of aromatic nitrogens is 4. The Morgan fingerprint density at radius 1 is 0.500 bits per heavy atom. The third-order valence-electron chi connectivity index (χ3n) is 6.93. The van der Waals surface area contributed by atoms with Gasteiger partial charge in [-0.15, -0.1) is 0 Å². The zero-order chi connectivity index (χ0) is 22.8. The van der Waals surface area contributed by atoms with Crippen LogP contribution in [0.2, 0.25) is 0 Å². The molecule has 0 aliphatic heterocycles. The van der Waals surface area contributed by atoms with Gasteiger partial charge in [-0.3, -0.25) is 0 Å². The van der Waals surface area contributed by atoms with Crippen molar-refractivity contribution >= 4 is 43.6 Å². The monoisotopic (exact) mass is 438 g/mol. The fourth-order valence-electron chi connectivity index (χ4n) is 5.16. The fraction of sp³-hybridized carbons (Fsp3) is 0.0667. The van der Waals surface area contributed by atoms with Gasteiger partial charge in [0.15, 0.2) is 0 Å². The molecule has 0 radical (unpaired) electrons. The van der Waals surface area contributed by atoms with Crippen molar-refractivity contribution < 1.29 is 0 Å². The summed E-state index contributed by atoms with van der Waals surface area (Å²) in [6.07, 6.45) is 0. The molecule has 2 heterocycles. The minimum Gasteiger partial charge on any atom is -0.327 e. The zero-order valence-corrected chi connectivity index (χ0v) is 19.0. The minimum absolute atomic E-state index is 0.986. The largest absolute Gasteiger partial charge is 0.327 e. The van der Waals surface area contributed by atoms with E-state index in [0.29, 0.717) is 0 Å². The number of para-hydroxylation sites is 4. The molecule has 0 fully saturated rings. The lowest BCUT2D eigenvalue weighted by Crippen LogP contribution is -1.93. The highest BCUT2D eigenvalue weighted by atomic mass is 15.1. The molecular formula is C30H22N4. The van der Waals surface area contributed by atoms with Crippen molar-refractivity contribution in [1.82, 2.24) is 19.1 Å². The fourth-order valence-corrected chi connectivity index (χ4v) is 5.16. The Kier molecular flexibility index (Phi) is 3.94. The van der Waals surface area contributed by atoms with E-state index in [2.05, 4.69) is 108 Å². The molecule has 4 nitrogen and oxygen atoms in total. The van der Waals surface area contributed by atoms with Crippen molar-refractivity contribution in [3.8, 4) is 22.8 Å². The van der Waals surface area contributed by atoms with Crippen LogP contribution in [0.15, 0.2) is 97.1 Å². The van der Waals surface area contributed by atoms with Crippen molar-refractivity contribution in [2.45, 2.75) is 0 Å². The maximum Gasteiger partial charge on any atom is 0.140 e. The molecule has 0 unspecified atom stereocenters. The molecule has 0 atom stereocenters. The van der Waals surface area contributed by atoms with Crippen molar-refractivity contribution in [2.75, 3.05) is 0 Å². The van der Waals surface area contributed by atoms with Crippen LogP contribution < -0.4 is 0 Å². The van der Waals surface area contributed by atoms with Crippen LogP contribution in [-0.2, 0) is 14.1 Å². The van der Waals surface area contributed by atoms with Gasteiger partial charge in [-0.05, 0) is 57.9 Å². The average Bonchev–Trinajstić information content (AvgIpc) is 3.40. The highest BCUT2D eigenvalue weighted by Crippen LogP contribution is 2.33. The first-order chi connectivity index (χ1) is 16.7. The number of hydrogen-bond acceptors (Lipinski definition) is 2. The maximum atomic E-state index is 4.88. The van der Waals surface area contributed by atoms with Crippen molar-refractivity contribution in [2.24, 2.45) is 14.1 Å². The zero-order valence-electron chi connectivity index (χ0n) is 19.0. The van der Waals surface area contributed by atoms with Gasteiger partial charge >= 0.3 is 0 Å². The Balaban J connectivity index is 1.36. The molecule has 2 aromatic heterocycles. The molecule has 0 bridgehead atoms. The van der Waals surface area contributed by atoms with Crippen LogP contribution in [-0.4, -0.2) is 19.1 Å². The first-order valence-electron chi connectivity index (χ1n) is 11.5. The van der Waals surface area contributed by atoms with E-state index in [1.165, 1.54) is 21.5 Å².